The third-order valence-electron chi connectivity index (χ3n) is 4.55. The largest absolute Gasteiger partial charge is 0.493 e. The molecule has 0 amide bonds. The van der Waals surface area contributed by atoms with Crippen LogP contribution >= 0.6 is 0 Å². The Kier molecular flexibility index (Phi) is 7.66. The lowest BCUT2D eigenvalue weighted by Gasteiger charge is -2.14. The number of carbonyl (C=O) groups is 1. The lowest BCUT2D eigenvalue weighted by Crippen LogP contribution is -2.05. The minimum absolute atomic E-state index is 0.187. The van der Waals surface area contributed by atoms with E-state index >= 15 is 0 Å². The van der Waals surface area contributed by atoms with E-state index in [4.69, 9.17) is 20.6 Å². The summed E-state index contributed by atoms with van der Waals surface area (Å²) < 4.78 is 16.3. The second-order valence-corrected chi connectivity index (χ2v) is 6.70. The van der Waals surface area contributed by atoms with Crippen molar-refractivity contribution in [2.45, 2.75) is 26.2 Å². The van der Waals surface area contributed by atoms with Gasteiger partial charge in [-0.3, -0.25) is 4.79 Å². The molecule has 3 rings (SSSR count). The first-order chi connectivity index (χ1) is 15.1. The molecule has 0 saturated heterocycles. The number of nitrogens with one attached hydrogen (secondary N) is 1. The molecule has 0 aliphatic rings. The Hall–Kier alpha value is -3.79. The standard InChI is InChI=1S/C24H25N3O4/c1-4-17-9-8-10-18(13-17)27-24-19-14-22(21(29-3)15-20(19)25-16-26-24)31-12-7-6-11-23(28)30-5-2/h1,8-10,13-16H,5-7,11-12H2,2-3H3,(H,25,26,27). The predicted octanol–water partition coefficient (Wildman–Crippen LogP) is 4.48. The molecule has 0 spiro atoms. The lowest BCUT2D eigenvalue weighted by molar-refractivity contribution is -0.143. The summed E-state index contributed by atoms with van der Waals surface area (Å²) in [6.45, 7) is 2.64. The third-order valence-corrected chi connectivity index (χ3v) is 4.55. The number of ether oxygens (including phenoxy) is 3. The van der Waals surface area contributed by atoms with Crippen LogP contribution in [0.4, 0.5) is 11.5 Å². The molecule has 1 heterocycles. The Labute approximate surface area is 181 Å². The van der Waals surface area contributed by atoms with Gasteiger partial charge in [0, 0.05) is 29.1 Å². The number of benzene rings is 2. The summed E-state index contributed by atoms with van der Waals surface area (Å²) in [5.41, 5.74) is 2.32. The molecule has 0 atom stereocenters. The maximum atomic E-state index is 11.4. The number of rotatable bonds is 10. The van der Waals surface area contributed by atoms with Crippen LogP contribution in [0.5, 0.6) is 11.5 Å². The van der Waals surface area contributed by atoms with E-state index in [2.05, 4.69) is 21.2 Å². The molecule has 160 valence electrons. The SMILES string of the molecule is C#Cc1cccc(Nc2ncnc3cc(OC)c(OCCCCC(=O)OCC)cc23)c1. The Morgan fingerprint density at radius 1 is 1.16 bits per heavy atom. The topological polar surface area (TPSA) is 82.6 Å². The van der Waals surface area contributed by atoms with Crippen LogP contribution in [0.3, 0.4) is 0 Å². The van der Waals surface area contributed by atoms with Crippen molar-refractivity contribution in [2.75, 3.05) is 25.6 Å². The first kappa shape index (κ1) is 21.9. The van der Waals surface area contributed by atoms with E-state index in [0.717, 1.165) is 28.6 Å². The molecule has 7 nitrogen and oxygen atoms in total. The molecule has 1 aromatic heterocycles. The van der Waals surface area contributed by atoms with Crippen molar-refractivity contribution in [3.8, 4) is 23.8 Å². The summed E-state index contributed by atoms with van der Waals surface area (Å²) in [4.78, 5) is 20.2. The number of fused-ring (bicyclic) bond motifs is 1. The normalized spacial score (nSPS) is 10.4. The number of esters is 1. The summed E-state index contributed by atoms with van der Waals surface area (Å²) in [5.74, 6) is 4.23. The zero-order valence-corrected chi connectivity index (χ0v) is 17.7. The molecule has 0 saturated carbocycles. The van der Waals surface area contributed by atoms with Crippen LogP contribution in [0, 0.1) is 12.3 Å². The summed E-state index contributed by atoms with van der Waals surface area (Å²) in [6.07, 6.45) is 8.77. The molecule has 0 aliphatic carbocycles. The molecule has 2 aromatic carbocycles. The van der Waals surface area contributed by atoms with Crippen molar-refractivity contribution in [3.05, 3.63) is 48.3 Å². The fraction of sp³-hybridized carbons (Fsp3) is 0.292. The van der Waals surface area contributed by atoms with Crippen molar-refractivity contribution in [1.29, 1.82) is 0 Å². The highest BCUT2D eigenvalue weighted by atomic mass is 16.5. The van der Waals surface area contributed by atoms with Crippen LogP contribution in [-0.2, 0) is 9.53 Å². The van der Waals surface area contributed by atoms with Crippen LogP contribution in [0.25, 0.3) is 10.9 Å². The zero-order valence-electron chi connectivity index (χ0n) is 17.7. The van der Waals surface area contributed by atoms with Crippen molar-refractivity contribution in [2.24, 2.45) is 0 Å². The van der Waals surface area contributed by atoms with Gasteiger partial charge in [0.05, 0.1) is 25.8 Å². The molecule has 31 heavy (non-hydrogen) atoms. The molecule has 1 N–H and O–H groups in total. The second-order valence-electron chi connectivity index (χ2n) is 6.70. The summed E-state index contributed by atoms with van der Waals surface area (Å²) >= 11 is 0. The van der Waals surface area contributed by atoms with Crippen LogP contribution in [-0.4, -0.2) is 36.3 Å². The van der Waals surface area contributed by atoms with E-state index in [1.807, 2.05) is 36.4 Å². The molecular weight excluding hydrogens is 394 g/mol. The van der Waals surface area contributed by atoms with Gasteiger partial charge in [-0.1, -0.05) is 12.0 Å². The van der Waals surface area contributed by atoms with Gasteiger partial charge < -0.3 is 19.5 Å². The molecular formula is C24H25N3O4. The number of methoxy groups -OCH3 is 1. The lowest BCUT2D eigenvalue weighted by atomic mass is 10.2. The highest BCUT2D eigenvalue weighted by Crippen LogP contribution is 2.35. The number of hydrogen-bond donors (Lipinski definition) is 1. The van der Waals surface area contributed by atoms with Crippen LogP contribution < -0.4 is 14.8 Å². The van der Waals surface area contributed by atoms with Gasteiger partial charge >= 0.3 is 5.97 Å². The number of anilines is 2. The van der Waals surface area contributed by atoms with E-state index in [1.165, 1.54) is 6.33 Å². The number of unbranched alkanes of at least 4 members (excludes halogenated alkanes) is 1. The molecule has 0 unspecified atom stereocenters. The minimum atomic E-state index is -0.187. The van der Waals surface area contributed by atoms with E-state index in [0.29, 0.717) is 43.4 Å². The number of aromatic nitrogens is 2. The zero-order chi connectivity index (χ0) is 22.1. The molecule has 0 radical (unpaired) electrons. The van der Waals surface area contributed by atoms with Gasteiger partial charge in [-0.25, -0.2) is 9.97 Å². The van der Waals surface area contributed by atoms with Gasteiger partial charge in [0.25, 0.3) is 0 Å². The fourth-order valence-electron chi connectivity index (χ4n) is 3.05. The average Bonchev–Trinajstić information content (AvgIpc) is 2.79. The Morgan fingerprint density at radius 2 is 2.03 bits per heavy atom. The molecule has 0 aliphatic heterocycles. The Morgan fingerprint density at radius 3 is 2.81 bits per heavy atom. The van der Waals surface area contributed by atoms with Gasteiger partial charge in [0.15, 0.2) is 11.5 Å². The van der Waals surface area contributed by atoms with Crippen molar-refractivity contribution < 1.29 is 19.0 Å². The first-order valence-electron chi connectivity index (χ1n) is 10.1. The number of carbonyl (C=O) groups excluding carboxylic acids is 1. The summed E-state index contributed by atoms with van der Waals surface area (Å²) in [6, 6.07) is 11.2. The maximum Gasteiger partial charge on any atom is 0.305 e. The predicted molar refractivity (Wildman–Crippen MR) is 120 cm³/mol. The summed E-state index contributed by atoms with van der Waals surface area (Å²) in [5, 5.41) is 4.08. The minimum Gasteiger partial charge on any atom is -0.493 e. The maximum absolute atomic E-state index is 11.4. The Balaban J connectivity index is 1.76. The quantitative estimate of drug-likeness (QED) is 0.295. The Bertz CT molecular complexity index is 1090. The molecule has 7 heteroatoms. The van der Waals surface area contributed by atoms with Crippen molar-refractivity contribution in [3.63, 3.8) is 0 Å². The van der Waals surface area contributed by atoms with E-state index < -0.39 is 0 Å². The van der Waals surface area contributed by atoms with Crippen LogP contribution in [0.1, 0.15) is 31.7 Å². The second kappa shape index (κ2) is 10.8. The highest BCUT2D eigenvalue weighted by molar-refractivity contribution is 5.93. The van der Waals surface area contributed by atoms with Gasteiger partial charge in [0.2, 0.25) is 0 Å². The van der Waals surface area contributed by atoms with Crippen LogP contribution in [0.15, 0.2) is 42.7 Å². The highest BCUT2D eigenvalue weighted by Gasteiger charge is 2.12. The molecule has 0 fully saturated rings. The summed E-state index contributed by atoms with van der Waals surface area (Å²) in [7, 11) is 1.58. The fourth-order valence-corrected chi connectivity index (χ4v) is 3.05. The van der Waals surface area contributed by atoms with Gasteiger partial charge in [-0.05, 0) is 44.0 Å². The average molecular weight is 419 g/mol. The van der Waals surface area contributed by atoms with Gasteiger partial charge in [-0.15, -0.1) is 6.42 Å². The van der Waals surface area contributed by atoms with Crippen LogP contribution in [0.2, 0.25) is 0 Å². The molecule has 0 bridgehead atoms. The van der Waals surface area contributed by atoms with E-state index in [-0.39, 0.29) is 5.97 Å². The monoisotopic (exact) mass is 419 g/mol. The molecule has 3 aromatic rings. The number of nitrogens with zero attached hydrogens (tertiary/aromatic N) is 2. The number of terminal acetylenes is 1. The first-order valence-corrected chi connectivity index (χ1v) is 10.1. The van der Waals surface area contributed by atoms with Crippen molar-refractivity contribution >= 4 is 28.4 Å². The number of hydrogen-bond acceptors (Lipinski definition) is 7. The smallest absolute Gasteiger partial charge is 0.305 e. The van der Waals surface area contributed by atoms with Gasteiger partial charge in [-0.2, -0.15) is 0 Å². The third kappa shape index (κ3) is 5.86. The van der Waals surface area contributed by atoms with E-state index in [9.17, 15) is 4.79 Å². The van der Waals surface area contributed by atoms with Crippen molar-refractivity contribution in [1.82, 2.24) is 9.97 Å². The van der Waals surface area contributed by atoms with E-state index in [1.54, 1.807) is 14.0 Å². The van der Waals surface area contributed by atoms with Gasteiger partial charge in [0.1, 0.15) is 12.1 Å².